The summed E-state index contributed by atoms with van der Waals surface area (Å²) in [5.74, 6) is 0. The standard InChI is InChI=1S/C21H29NO3/c1-19(2,3)25-18(24)22-17-6-4-16(5-7-17)14-20-8-11-21(15-23,12-9-20)13-10-20/h4-7,15H,8-14H2,1-3H3,(H,22,24). The van der Waals surface area contributed by atoms with Gasteiger partial charge in [0, 0.05) is 11.1 Å². The first-order valence-electron chi connectivity index (χ1n) is 9.29. The molecular weight excluding hydrogens is 314 g/mol. The van der Waals surface area contributed by atoms with Gasteiger partial charge in [-0.1, -0.05) is 12.1 Å². The van der Waals surface area contributed by atoms with Gasteiger partial charge < -0.3 is 9.53 Å². The molecule has 0 aromatic heterocycles. The van der Waals surface area contributed by atoms with Crippen LogP contribution in [0.1, 0.15) is 64.9 Å². The lowest BCUT2D eigenvalue weighted by Crippen LogP contribution is -2.43. The smallest absolute Gasteiger partial charge is 0.412 e. The summed E-state index contributed by atoms with van der Waals surface area (Å²) in [6, 6.07) is 8.07. The molecule has 1 amide bonds. The molecule has 3 saturated carbocycles. The van der Waals surface area contributed by atoms with Crippen LogP contribution < -0.4 is 5.32 Å². The van der Waals surface area contributed by atoms with Crippen LogP contribution in [0, 0.1) is 10.8 Å². The molecule has 1 N–H and O–H groups in total. The molecule has 3 aliphatic rings. The van der Waals surface area contributed by atoms with Crippen LogP contribution >= 0.6 is 0 Å². The SMILES string of the molecule is CC(C)(C)OC(=O)Nc1ccc(CC23CCC(C=O)(CC2)CC3)cc1. The highest BCUT2D eigenvalue weighted by atomic mass is 16.6. The van der Waals surface area contributed by atoms with E-state index in [1.165, 1.54) is 11.8 Å². The van der Waals surface area contributed by atoms with Crippen molar-refractivity contribution in [3.05, 3.63) is 29.8 Å². The van der Waals surface area contributed by atoms with Crippen LogP contribution in [-0.4, -0.2) is 18.0 Å². The molecule has 2 bridgehead atoms. The van der Waals surface area contributed by atoms with Crippen molar-refractivity contribution in [2.45, 2.75) is 71.3 Å². The van der Waals surface area contributed by atoms with E-state index in [4.69, 9.17) is 4.74 Å². The summed E-state index contributed by atoms with van der Waals surface area (Å²) in [5.41, 5.74) is 1.91. The largest absolute Gasteiger partial charge is 0.444 e. The van der Waals surface area contributed by atoms with Gasteiger partial charge in [-0.2, -0.15) is 0 Å². The summed E-state index contributed by atoms with van der Waals surface area (Å²) in [5, 5.41) is 2.77. The van der Waals surface area contributed by atoms with Gasteiger partial charge in [0.05, 0.1) is 0 Å². The maximum Gasteiger partial charge on any atom is 0.412 e. The normalized spacial score (nSPS) is 28.4. The topological polar surface area (TPSA) is 55.4 Å². The minimum atomic E-state index is -0.498. The van der Waals surface area contributed by atoms with Crippen LogP contribution in [0.2, 0.25) is 0 Å². The first-order valence-corrected chi connectivity index (χ1v) is 9.29. The third-order valence-electron chi connectivity index (χ3n) is 5.89. The van der Waals surface area contributed by atoms with E-state index < -0.39 is 11.7 Å². The number of benzene rings is 1. The molecule has 1 aromatic carbocycles. The van der Waals surface area contributed by atoms with Crippen LogP contribution in [0.5, 0.6) is 0 Å². The van der Waals surface area contributed by atoms with Gasteiger partial charge in [0.1, 0.15) is 11.9 Å². The van der Waals surface area contributed by atoms with E-state index in [0.717, 1.165) is 50.6 Å². The molecule has 1 aromatic rings. The number of aldehydes is 1. The molecule has 136 valence electrons. The number of hydrogen-bond donors (Lipinski definition) is 1. The second kappa shape index (κ2) is 6.47. The lowest BCUT2D eigenvalue weighted by molar-refractivity contribution is -0.124. The zero-order valence-electron chi connectivity index (χ0n) is 15.6. The second-order valence-corrected chi connectivity index (χ2v) is 8.98. The maximum absolute atomic E-state index is 11.8. The number of carbonyl (C=O) groups is 2. The Morgan fingerprint density at radius 3 is 2.12 bits per heavy atom. The number of hydrogen-bond acceptors (Lipinski definition) is 3. The molecule has 0 atom stereocenters. The summed E-state index contributed by atoms with van der Waals surface area (Å²) in [6.07, 6.45) is 8.47. The average molecular weight is 343 g/mol. The zero-order valence-corrected chi connectivity index (χ0v) is 15.6. The van der Waals surface area contributed by atoms with Crippen molar-refractivity contribution in [2.24, 2.45) is 10.8 Å². The Morgan fingerprint density at radius 2 is 1.64 bits per heavy atom. The predicted octanol–water partition coefficient (Wildman–Crippen LogP) is 5.12. The molecule has 0 saturated heterocycles. The molecule has 0 aliphatic heterocycles. The van der Waals surface area contributed by atoms with E-state index in [0.29, 0.717) is 5.41 Å². The first kappa shape index (κ1) is 18.0. The fourth-order valence-electron chi connectivity index (χ4n) is 4.29. The highest BCUT2D eigenvalue weighted by molar-refractivity contribution is 5.84. The number of ether oxygens (including phenoxy) is 1. The van der Waals surface area contributed by atoms with E-state index >= 15 is 0 Å². The molecule has 0 unspecified atom stereocenters. The second-order valence-electron chi connectivity index (χ2n) is 8.98. The Labute approximate surface area is 150 Å². The Kier molecular flexibility index (Phi) is 4.65. The summed E-state index contributed by atoms with van der Waals surface area (Å²) in [6.45, 7) is 5.55. The van der Waals surface area contributed by atoms with Gasteiger partial charge in [0.2, 0.25) is 0 Å². The van der Waals surface area contributed by atoms with E-state index in [9.17, 15) is 9.59 Å². The molecule has 0 spiro atoms. The number of anilines is 1. The Hall–Kier alpha value is -1.84. The van der Waals surface area contributed by atoms with Gasteiger partial charge in [-0.3, -0.25) is 5.32 Å². The lowest BCUT2D eigenvalue weighted by Gasteiger charge is -2.51. The van der Waals surface area contributed by atoms with Crippen molar-refractivity contribution in [2.75, 3.05) is 5.32 Å². The molecule has 4 nitrogen and oxygen atoms in total. The monoisotopic (exact) mass is 343 g/mol. The van der Waals surface area contributed by atoms with Crippen LogP contribution in [-0.2, 0) is 16.0 Å². The Morgan fingerprint density at radius 1 is 1.08 bits per heavy atom. The van der Waals surface area contributed by atoms with E-state index in [1.54, 1.807) is 0 Å². The fraction of sp³-hybridized carbons (Fsp3) is 0.619. The van der Waals surface area contributed by atoms with Crippen molar-refractivity contribution in [1.29, 1.82) is 0 Å². The third-order valence-corrected chi connectivity index (χ3v) is 5.89. The summed E-state index contributed by atoms with van der Waals surface area (Å²) >= 11 is 0. The lowest BCUT2D eigenvalue weighted by atomic mass is 9.53. The van der Waals surface area contributed by atoms with Crippen LogP contribution in [0.4, 0.5) is 10.5 Å². The summed E-state index contributed by atoms with van der Waals surface area (Å²) < 4.78 is 5.27. The highest BCUT2D eigenvalue weighted by Gasteiger charge is 2.48. The van der Waals surface area contributed by atoms with Crippen molar-refractivity contribution < 1.29 is 14.3 Å². The number of rotatable bonds is 4. The number of amides is 1. The van der Waals surface area contributed by atoms with E-state index in [2.05, 4.69) is 17.4 Å². The quantitative estimate of drug-likeness (QED) is 0.772. The van der Waals surface area contributed by atoms with E-state index in [-0.39, 0.29) is 5.41 Å². The van der Waals surface area contributed by atoms with Gasteiger partial charge >= 0.3 is 6.09 Å². The van der Waals surface area contributed by atoms with Crippen molar-refractivity contribution in [3.8, 4) is 0 Å². The van der Waals surface area contributed by atoms with Crippen molar-refractivity contribution in [1.82, 2.24) is 0 Å². The van der Waals surface area contributed by atoms with Crippen LogP contribution in [0.25, 0.3) is 0 Å². The predicted molar refractivity (Wildman–Crippen MR) is 98.6 cm³/mol. The molecule has 3 fully saturated rings. The average Bonchev–Trinajstić information content (AvgIpc) is 2.56. The van der Waals surface area contributed by atoms with Gasteiger partial charge in [-0.25, -0.2) is 4.79 Å². The molecular formula is C21H29NO3. The van der Waals surface area contributed by atoms with Gasteiger partial charge in [0.25, 0.3) is 0 Å². The number of fused-ring (bicyclic) bond motifs is 3. The fourth-order valence-corrected chi connectivity index (χ4v) is 4.29. The third kappa shape index (κ3) is 4.23. The molecule has 0 radical (unpaired) electrons. The van der Waals surface area contributed by atoms with Crippen LogP contribution in [0.15, 0.2) is 24.3 Å². The molecule has 0 heterocycles. The Bertz CT molecular complexity index is 618. The Balaban J connectivity index is 1.58. The summed E-state index contributed by atoms with van der Waals surface area (Å²) in [4.78, 5) is 23.2. The van der Waals surface area contributed by atoms with Crippen molar-refractivity contribution in [3.63, 3.8) is 0 Å². The maximum atomic E-state index is 11.8. The van der Waals surface area contributed by atoms with Gasteiger partial charge in [-0.15, -0.1) is 0 Å². The van der Waals surface area contributed by atoms with E-state index in [1.807, 2.05) is 32.9 Å². The van der Waals surface area contributed by atoms with Crippen molar-refractivity contribution >= 4 is 18.1 Å². The summed E-state index contributed by atoms with van der Waals surface area (Å²) in [7, 11) is 0. The van der Waals surface area contributed by atoms with Crippen LogP contribution in [0.3, 0.4) is 0 Å². The molecule has 4 rings (SSSR count). The number of carbonyl (C=O) groups excluding carboxylic acids is 2. The molecule has 25 heavy (non-hydrogen) atoms. The highest BCUT2D eigenvalue weighted by Crippen LogP contribution is 2.57. The zero-order chi connectivity index (χ0) is 18.1. The molecule has 3 aliphatic carbocycles. The van der Waals surface area contributed by atoms with Gasteiger partial charge in [-0.05, 0) is 88.8 Å². The minimum Gasteiger partial charge on any atom is -0.444 e. The minimum absolute atomic E-state index is 0.0110. The molecule has 4 heteroatoms. The van der Waals surface area contributed by atoms with Gasteiger partial charge in [0.15, 0.2) is 0 Å². The number of nitrogens with one attached hydrogen (secondary N) is 1. The first-order chi connectivity index (χ1) is 11.7.